The third-order valence-electron chi connectivity index (χ3n) is 0.904. The molecule has 0 saturated heterocycles. The third kappa shape index (κ3) is 5.88. The van der Waals surface area contributed by atoms with Gasteiger partial charge in [-0.1, -0.05) is 13.3 Å². The molecule has 0 aliphatic rings. The molecular weight excluding hydrogens is 104 g/mol. The van der Waals surface area contributed by atoms with Crippen LogP contribution in [-0.4, -0.2) is 13.6 Å². The summed E-state index contributed by atoms with van der Waals surface area (Å²) in [6, 6.07) is 0. The maximum atomic E-state index is 10.2. The smallest absolute Gasteiger partial charge is 0.0839 e. The Bertz CT molecular complexity index is 47.7. The molecule has 3 nitrogen and oxygen atoms in total. The Kier molecular flexibility index (Phi) is 4.95. The minimum atomic E-state index is 0.0680. The lowest BCUT2D eigenvalue weighted by Crippen LogP contribution is -3.11. The maximum Gasteiger partial charge on any atom is 0.0839 e. The highest BCUT2D eigenvalue weighted by Gasteiger charge is 1.83. The van der Waals surface area contributed by atoms with Gasteiger partial charge in [-0.05, 0) is 6.42 Å². The van der Waals surface area contributed by atoms with E-state index in [-0.39, 0.29) is 5.17 Å². The quantitative estimate of drug-likeness (QED) is 0.378. The number of rotatable bonds is 4. The number of quaternary nitrogens is 1. The first-order valence-corrected chi connectivity index (χ1v) is 3.01. The number of hydroxylamine groups is 1. The predicted molar refractivity (Wildman–Crippen MR) is 33.2 cm³/mol. The van der Waals surface area contributed by atoms with E-state index in [0.717, 1.165) is 19.4 Å². The van der Waals surface area contributed by atoms with E-state index < -0.39 is 0 Å². The zero-order valence-corrected chi connectivity index (χ0v) is 5.53. The second kappa shape index (κ2) is 5.03. The van der Waals surface area contributed by atoms with Crippen molar-refractivity contribution in [3.63, 3.8) is 0 Å². The van der Waals surface area contributed by atoms with Gasteiger partial charge in [-0.3, -0.25) is 5.17 Å². The van der Waals surface area contributed by atoms with Crippen LogP contribution < -0.4 is 10.6 Å². The van der Waals surface area contributed by atoms with Gasteiger partial charge in [0, 0.05) is 6.54 Å². The maximum absolute atomic E-state index is 10.2. The van der Waals surface area contributed by atoms with Crippen LogP contribution >= 0.6 is 0 Å². The summed E-state index contributed by atoms with van der Waals surface area (Å²) in [5, 5.41) is 10.3. The molecule has 0 aliphatic heterocycles. The van der Waals surface area contributed by atoms with Crippen LogP contribution in [0, 0.1) is 5.21 Å². The summed E-state index contributed by atoms with van der Waals surface area (Å²) in [5.74, 6) is 0. The molecular formula is C5H14N2O. The van der Waals surface area contributed by atoms with E-state index in [2.05, 4.69) is 12.3 Å². The zero-order chi connectivity index (χ0) is 6.41. The van der Waals surface area contributed by atoms with E-state index in [1.165, 1.54) is 7.05 Å². The van der Waals surface area contributed by atoms with Crippen molar-refractivity contribution in [2.45, 2.75) is 19.8 Å². The number of nitrogens with one attached hydrogen (secondary N) is 2. The Labute approximate surface area is 50.2 Å². The highest BCUT2D eigenvalue weighted by atomic mass is 16.5. The van der Waals surface area contributed by atoms with E-state index in [4.69, 9.17) is 0 Å². The number of hydrogen-bond acceptors (Lipinski definition) is 2. The molecule has 3 heteroatoms. The molecule has 0 bridgehead atoms. The molecule has 0 heterocycles. The van der Waals surface area contributed by atoms with Crippen LogP contribution in [0.25, 0.3) is 0 Å². The van der Waals surface area contributed by atoms with Crippen molar-refractivity contribution in [1.29, 1.82) is 0 Å². The Morgan fingerprint density at radius 3 is 2.62 bits per heavy atom. The molecule has 0 aromatic carbocycles. The van der Waals surface area contributed by atoms with Crippen LogP contribution in [0.3, 0.4) is 0 Å². The highest BCUT2D eigenvalue weighted by molar-refractivity contribution is 4.31. The molecule has 0 saturated carbocycles. The van der Waals surface area contributed by atoms with Gasteiger partial charge >= 0.3 is 0 Å². The van der Waals surface area contributed by atoms with E-state index in [1.54, 1.807) is 0 Å². The fraction of sp³-hybridized carbons (Fsp3) is 1.00. The topological polar surface area (TPSA) is 39.5 Å². The average Bonchev–Trinajstić information content (AvgIpc) is 1.66. The molecule has 8 heavy (non-hydrogen) atoms. The fourth-order valence-corrected chi connectivity index (χ4v) is 0.441. The van der Waals surface area contributed by atoms with Gasteiger partial charge in [-0.25, -0.2) is 0 Å². The lowest BCUT2D eigenvalue weighted by molar-refractivity contribution is -0.875. The molecule has 0 spiro atoms. The first-order chi connectivity index (χ1) is 3.77. The Hall–Kier alpha value is -0.120. The Balaban J connectivity index is 2.72. The molecule has 0 aliphatic carbocycles. The molecule has 2 N–H and O–H groups in total. The van der Waals surface area contributed by atoms with E-state index in [0.29, 0.717) is 0 Å². The number of hydrogen-bond donors (Lipinski definition) is 2. The van der Waals surface area contributed by atoms with Crippen molar-refractivity contribution in [2.75, 3.05) is 13.6 Å². The van der Waals surface area contributed by atoms with Crippen molar-refractivity contribution in [1.82, 2.24) is 5.43 Å². The van der Waals surface area contributed by atoms with Gasteiger partial charge in [0.25, 0.3) is 0 Å². The van der Waals surface area contributed by atoms with E-state index in [9.17, 15) is 5.21 Å². The summed E-state index contributed by atoms with van der Waals surface area (Å²) < 4.78 is 0. The molecule has 1 unspecified atom stereocenters. The molecule has 0 rings (SSSR count). The van der Waals surface area contributed by atoms with Gasteiger partial charge in [0.1, 0.15) is 0 Å². The molecule has 0 amide bonds. The monoisotopic (exact) mass is 118 g/mol. The third-order valence-corrected chi connectivity index (χ3v) is 0.904. The largest absolute Gasteiger partial charge is 0.613 e. The molecule has 0 aromatic heterocycles. The van der Waals surface area contributed by atoms with Crippen LogP contribution in [-0.2, 0) is 0 Å². The Morgan fingerprint density at radius 2 is 2.25 bits per heavy atom. The SMILES string of the molecule is CCCCN[NH+](C)[O-]. The van der Waals surface area contributed by atoms with Gasteiger partial charge < -0.3 is 5.21 Å². The van der Waals surface area contributed by atoms with Crippen LogP contribution in [0.2, 0.25) is 0 Å². The van der Waals surface area contributed by atoms with Crippen molar-refractivity contribution in [2.24, 2.45) is 0 Å². The second-order valence-electron chi connectivity index (χ2n) is 1.84. The van der Waals surface area contributed by atoms with Gasteiger partial charge in [0.05, 0.1) is 7.05 Å². The standard InChI is InChI=1S/C5H14N2O/c1-3-4-5-6-7(2)8/h6-7H,3-5H2,1-2H3. The molecule has 1 atom stereocenters. The fourth-order valence-electron chi connectivity index (χ4n) is 0.441. The summed E-state index contributed by atoms with van der Waals surface area (Å²) in [6.07, 6.45) is 2.22. The predicted octanol–water partition coefficient (Wildman–Crippen LogP) is -0.696. The lowest BCUT2D eigenvalue weighted by Gasteiger charge is -2.15. The molecule has 0 radical (unpaired) electrons. The highest BCUT2D eigenvalue weighted by Crippen LogP contribution is 1.78. The first-order valence-electron chi connectivity index (χ1n) is 3.01. The van der Waals surface area contributed by atoms with Crippen LogP contribution in [0.5, 0.6) is 0 Å². The van der Waals surface area contributed by atoms with Crippen LogP contribution in [0.4, 0.5) is 0 Å². The minimum absolute atomic E-state index is 0.0680. The first kappa shape index (κ1) is 7.88. The Morgan fingerprint density at radius 1 is 1.62 bits per heavy atom. The summed E-state index contributed by atoms with van der Waals surface area (Å²) in [4.78, 5) is 0. The summed E-state index contributed by atoms with van der Waals surface area (Å²) in [6.45, 7) is 2.92. The second-order valence-corrected chi connectivity index (χ2v) is 1.84. The average molecular weight is 118 g/mol. The summed E-state index contributed by atoms with van der Waals surface area (Å²) >= 11 is 0. The van der Waals surface area contributed by atoms with Crippen LogP contribution in [0.15, 0.2) is 0 Å². The van der Waals surface area contributed by atoms with E-state index >= 15 is 0 Å². The van der Waals surface area contributed by atoms with E-state index in [1.807, 2.05) is 0 Å². The summed E-state index contributed by atoms with van der Waals surface area (Å²) in [7, 11) is 1.54. The zero-order valence-electron chi connectivity index (χ0n) is 5.53. The van der Waals surface area contributed by atoms with Gasteiger partial charge in [-0.2, -0.15) is 5.43 Å². The van der Waals surface area contributed by atoms with Crippen LogP contribution in [0.1, 0.15) is 19.8 Å². The van der Waals surface area contributed by atoms with Crippen molar-refractivity contribution in [3.8, 4) is 0 Å². The summed E-state index contributed by atoms with van der Waals surface area (Å²) in [5.41, 5.74) is 2.71. The minimum Gasteiger partial charge on any atom is -0.613 e. The molecule has 0 aromatic rings. The van der Waals surface area contributed by atoms with Gasteiger partial charge in [0.15, 0.2) is 0 Å². The molecule has 50 valence electrons. The van der Waals surface area contributed by atoms with Crippen molar-refractivity contribution < 1.29 is 5.17 Å². The van der Waals surface area contributed by atoms with Gasteiger partial charge in [-0.15, -0.1) is 0 Å². The molecule has 0 fully saturated rings. The normalized spacial score (nSPS) is 13.9. The van der Waals surface area contributed by atoms with Crippen molar-refractivity contribution >= 4 is 0 Å². The number of unbranched alkanes of at least 4 members (excludes halogenated alkanes) is 1. The van der Waals surface area contributed by atoms with Crippen molar-refractivity contribution in [3.05, 3.63) is 5.21 Å². The lowest BCUT2D eigenvalue weighted by atomic mass is 10.3. The van der Waals surface area contributed by atoms with Gasteiger partial charge in [0.2, 0.25) is 0 Å².